The number of piperidine rings is 1. The van der Waals surface area contributed by atoms with Gasteiger partial charge in [0.1, 0.15) is 17.0 Å². The van der Waals surface area contributed by atoms with Crippen LogP contribution in [-0.4, -0.2) is 130 Å². The highest BCUT2D eigenvalue weighted by atomic mass is 28.4. The molecule has 0 bridgehead atoms. The lowest BCUT2D eigenvalue weighted by Gasteiger charge is -2.44. The van der Waals surface area contributed by atoms with Crippen LogP contribution in [0.1, 0.15) is 110 Å². The summed E-state index contributed by atoms with van der Waals surface area (Å²) in [6.45, 7) is 24.1. The molecule has 3 heterocycles. The Morgan fingerprint density at radius 1 is 0.937 bits per heavy atom. The van der Waals surface area contributed by atoms with Crippen LogP contribution in [0.2, 0.25) is 18.1 Å². The average molecular weight is 892 g/mol. The fourth-order valence-corrected chi connectivity index (χ4v) is 9.83. The van der Waals surface area contributed by atoms with Crippen LogP contribution >= 0.6 is 0 Å². The summed E-state index contributed by atoms with van der Waals surface area (Å²) in [5.74, 6) is 0.993. The van der Waals surface area contributed by atoms with Crippen molar-refractivity contribution in [1.29, 1.82) is 0 Å². The first-order valence-electron chi connectivity index (χ1n) is 23.7. The Kier molecular flexibility index (Phi) is 16.7. The standard InChI is InChI=1S/C49H77N5O8Si/c1-47(2,3)61-46(57)53(25-19-39-17-18-41(62-63(7,8)48(4,5)6)44-45(39)59-35-42(55)51-44)28-29-54(40-15-10-9-11-16-40)43(56)21-31-58-30-20-37-13-12-14-38(33-37)34-52-26-22-49(23-27-52)36-50-24-32-60-49/h12-14,17-18,33,40,50H,9-11,15-16,19-32,34-36H2,1-8H3,(H,51,55). The minimum absolute atomic E-state index is 0.0116. The van der Waals surface area contributed by atoms with Crippen LogP contribution in [0.4, 0.5) is 10.5 Å². The second-order valence-electron chi connectivity index (χ2n) is 20.6. The predicted molar refractivity (Wildman–Crippen MR) is 250 cm³/mol. The molecule has 14 heteroatoms. The van der Waals surface area contributed by atoms with E-state index in [1.165, 1.54) is 17.5 Å². The van der Waals surface area contributed by atoms with Crippen LogP contribution in [0.3, 0.4) is 0 Å². The highest BCUT2D eigenvalue weighted by molar-refractivity contribution is 6.74. The molecule has 350 valence electrons. The van der Waals surface area contributed by atoms with Gasteiger partial charge in [-0.25, -0.2) is 4.79 Å². The lowest BCUT2D eigenvalue weighted by Crippen LogP contribution is -2.55. The number of morpholine rings is 1. The summed E-state index contributed by atoms with van der Waals surface area (Å²) in [6.07, 6.45) is 8.49. The van der Waals surface area contributed by atoms with Crippen molar-refractivity contribution in [2.24, 2.45) is 0 Å². The molecule has 2 saturated heterocycles. The minimum Gasteiger partial charge on any atom is -0.542 e. The number of amides is 3. The quantitative estimate of drug-likeness (QED) is 0.119. The molecule has 63 heavy (non-hydrogen) atoms. The van der Waals surface area contributed by atoms with Gasteiger partial charge in [-0.1, -0.05) is 70.4 Å². The molecule has 0 aromatic heterocycles. The highest BCUT2D eigenvalue weighted by Gasteiger charge is 2.41. The smallest absolute Gasteiger partial charge is 0.410 e. The number of carbonyl (C=O) groups excluding carboxylic acids is 3. The fourth-order valence-electron chi connectivity index (χ4n) is 8.81. The Balaban J connectivity index is 1.04. The van der Waals surface area contributed by atoms with E-state index in [9.17, 15) is 14.4 Å². The minimum atomic E-state index is -2.23. The van der Waals surface area contributed by atoms with Gasteiger partial charge in [-0.3, -0.25) is 14.5 Å². The number of likely N-dealkylation sites (tertiary alicyclic amines) is 1. The van der Waals surface area contributed by atoms with Crippen LogP contribution in [0.5, 0.6) is 11.5 Å². The van der Waals surface area contributed by atoms with Gasteiger partial charge in [-0.15, -0.1) is 0 Å². The number of benzene rings is 2. The number of rotatable bonds is 17. The lowest BCUT2D eigenvalue weighted by atomic mass is 9.90. The maximum Gasteiger partial charge on any atom is 0.410 e. The van der Waals surface area contributed by atoms with Crippen molar-refractivity contribution >= 4 is 31.9 Å². The highest BCUT2D eigenvalue weighted by Crippen LogP contribution is 2.45. The van der Waals surface area contributed by atoms with Crippen LogP contribution < -0.4 is 19.8 Å². The predicted octanol–water partition coefficient (Wildman–Crippen LogP) is 7.95. The number of carbonyl (C=O) groups is 3. The summed E-state index contributed by atoms with van der Waals surface area (Å²) in [6, 6.07) is 12.8. The number of anilines is 1. The van der Waals surface area contributed by atoms with Gasteiger partial charge in [0, 0.05) is 58.4 Å². The van der Waals surface area contributed by atoms with Gasteiger partial charge in [0.15, 0.2) is 12.4 Å². The van der Waals surface area contributed by atoms with Crippen molar-refractivity contribution in [3.8, 4) is 11.5 Å². The van der Waals surface area contributed by atoms with Crippen molar-refractivity contribution in [3.63, 3.8) is 0 Å². The summed E-state index contributed by atoms with van der Waals surface area (Å²) < 4.78 is 30.9. The normalized spacial score (nSPS) is 18.6. The van der Waals surface area contributed by atoms with E-state index in [2.05, 4.69) is 73.7 Å². The molecule has 2 aromatic rings. The molecule has 3 aliphatic heterocycles. The number of nitrogens with zero attached hydrogens (tertiary/aromatic N) is 3. The van der Waals surface area contributed by atoms with Crippen molar-refractivity contribution < 1.29 is 37.8 Å². The molecule has 0 unspecified atom stereocenters. The molecule has 1 saturated carbocycles. The molecule has 0 radical (unpaired) electrons. The van der Waals surface area contributed by atoms with E-state index in [0.717, 1.165) is 89.8 Å². The Bertz CT molecular complexity index is 1840. The topological polar surface area (TPSA) is 131 Å². The molecule has 4 aliphatic rings. The molecule has 3 amide bonds. The van der Waals surface area contributed by atoms with Gasteiger partial charge in [0.25, 0.3) is 14.2 Å². The number of hydrogen-bond acceptors (Lipinski definition) is 10. The van der Waals surface area contributed by atoms with Crippen LogP contribution in [0, 0.1) is 0 Å². The zero-order chi connectivity index (χ0) is 45.3. The van der Waals surface area contributed by atoms with Crippen molar-refractivity contribution in [2.75, 3.05) is 77.6 Å². The molecule has 0 atom stereocenters. The van der Waals surface area contributed by atoms with Crippen LogP contribution in [0.15, 0.2) is 36.4 Å². The first kappa shape index (κ1) is 48.8. The SMILES string of the molecule is CC(C)(C)OC(=O)N(CCc1ccc(O[Si](C)(C)C(C)(C)C)c2c1OCC(=O)N2)CCN(C(=O)CCOCCc1cccc(CN2CCC3(CC2)CNCCO3)c1)C1CCCCC1. The second-order valence-corrected chi connectivity index (χ2v) is 25.4. The van der Waals surface area contributed by atoms with Gasteiger partial charge in [0.2, 0.25) is 5.91 Å². The summed E-state index contributed by atoms with van der Waals surface area (Å²) in [5, 5.41) is 6.47. The monoisotopic (exact) mass is 892 g/mol. The molecule has 1 aliphatic carbocycles. The molecule has 13 nitrogen and oxygen atoms in total. The first-order valence-corrected chi connectivity index (χ1v) is 26.6. The number of hydrogen-bond donors (Lipinski definition) is 2. The number of ether oxygens (including phenoxy) is 4. The van der Waals surface area contributed by atoms with Gasteiger partial charge in [-0.2, -0.15) is 0 Å². The molecular weight excluding hydrogens is 815 g/mol. The zero-order valence-corrected chi connectivity index (χ0v) is 40.7. The van der Waals surface area contributed by atoms with E-state index < -0.39 is 20.0 Å². The molecular formula is C49H77N5O8Si. The zero-order valence-electron chi connectivity index (χ0n) is 39.7. The molecule has 1 spiro atoms. The lowest BCUT2D eigenvalue weighted by molar-refractivity contribution is -0.135. The van der Waals surface area contributed by atoms with E-state index >= 15 is 0 Å². The maximum atomic E-state index is 14.0. The van der Waals surface area contributed by atoms with Crippen LogP contribution in [0.25, 0.3) is 0 Å². The van der Waals surface area contributed by atoms with E-state index in [4.69, 9.17) is 23.4 Å². The summed E-state index contributed by atoms with van der Waals surface area (Å²) in [4.78, 5) is 46.6. The van der Waals surface area contributed by atoms with Crippen molar-refractivity contribution in [2.45, 2.75) is 148 Å². The van der Waals surface area contributed by atoms with E-state index in [-0.39, 0.29) is 41.5 Å². The number of nitrogens with one attached hydrogen (secondary N) is 2. The van der Waals surface area contributed by atoms with E-state index in [1.807, 2.05) is 37.8 Å². The van der Waals surface area contributed by atoms with E-state index in [1.54, 1.807) is 4.90 Å². The molecule has 2 aromatic carbocycles. The Labute approximate surface area is 378 Å². The third-order valence-corrected chi connectivity index (χ3v) is 17.9. The van der Waals surface area contributed by atoms with Gasteiger partial charge in [-0.05, 0) is 100 Å². The molecule has 3 fully saturated rings. The van der Waals surface area contributed by atoms with Gasteiger partial charge < -0.3 is 43.8 Å². The third-order valence-electron chi connectivity index (χ3n) is 13.5. The maximum absolute atomic E-state index is 14.0. The molecule has 6 rings (SSSR count). The average Bonchev–Trinajstić information content (AvgIpc) is 3.23. The fraction of sp³-hybridized carbons (Fsp3) is 0.694. The largest absolute Gasteiger partial charge is 0.542 e. The van der Waals surface area contributed by atoms with Gasteiger partial charge in [0.05, 0.1) is 31.8 Å². The Hall–Kier alpha value is -3.69. The Morgan fingerprint density at radius 3 is 2.38 bits per heavy atom. The van der Waals surface area contributed by atoms with Gasteiger partial charge >= 0.3 is 6.09 Å². The van der Waals surface area contributed by atoms with Crippen LogP contribution in [-0.2, 0) is 43.2 Å². The van der Waals surface area contributed by atoms with Crippen molar-refractivity contribution in [3.05, 3.63) is 53.1 Å². The van der Waals surface area contributed by atoms with E-state index in [0.29, 0.717) is 56.5 Å². The summed E-state index contributed by atoms with van der Waals surface area (Å²) in [5.41, 5.74) is 3.27. The number of fused-ring (bicyclic) bond motifs is 1. The van der Waals surface area contributed by atoms with Crippen molar-refractivity contribution in [1.82, 2.24) is 20.0 Å². The summed E-state index contributed by atoms with van der Waals surface area (Å²) >= 11 is 0. The Morgan fingerprint density at radius 2 is 1.68 bits per heavy atom. The first-order chi connectivity index (χ1) is 29.9. The molecule has 2 N–H and O–H groups in total. The third kappa shape index (κ3) is 13.9. The summed E-state index contributed by atoms with van der Waals surface area (Å²) in [7, 11) is -2.23. The second kappa shape index (κ2) is 21.5.